The molecule has 2 nitrogen and oxygen atoms in total. The average Bonchev–Trinajstić information content (AvgIpc) is 3.11. The van der Waals surface area contributed by atoms with E-state index in [-0.39, 0.29) is 0 Å². The third kappa shape index (κ3) is 3.04. The molecule has 2 aliphatic rings. The molecule has 1 saturated carbocycles. The summed E-state index contributed by atoms with van der Waals surface area (Å²) >= 11 is 3.69. The van der Waals surface area contributed by atoms with Gasteiger partial charge in [0.15, 0.2) is 0 Å². The first-order valence-corrected chi connectivity index (χ1v) is 8.63. The molecule has 1 heterocycles. The zero-order chi connectivity index (χ0) is 13.9. The zero-order valence-corrected chi connectivity index (χ0v) is 13.9. The molecule has 1 unspecified atom stereocenters. The lowest BCUT2D eigenvalue weighted by Crippen LogP contribution is -2.34. The van der Waals surface area contributed by atoms with Crippen LogP contribution in [0, 0.1) is 5.92 Å². The highest BCUT2D eigenvalue weighted by Gasteiger charge is 2.33. The fourth-order valence-corrected chi connectivity index (χ4v) is 4.31. The van der Waals surface area contributed by atoms with E-state index in [2.05, 4.69) is 33.0 Å². The molecule has 3 rings (SSSR count). The monoisotopic (exact) mass is 337 g/mol. The summed E-state index contributed by atoms with van der Waals surface area (Å²) in [6, 6.07) is 7.12. The molecule has 1 aromatic carbocycles. The second kappa shape index (κ2) is 6.48. The summed E-state index contributed by atoms with van der Waals surface area (Å²) < 4.78 is 6.57. The number of hydrogen-bond donors (Lipinski definition) is 0. The summed E-state index contributed by atoms with van der Waals surface area (Å²) in [7, 11) is 1.74. The first-order chi connectivity index (χ1) is 9.78. The van der Waals surface area contributed by atoms with Crippen molar-refractivity contribution >= 4 is 15.9 Å². The first-order valence-electron chi connectivity index (χ1n) is 7.84. The fraction of sp³-hybridized carbons (Fsp3) is 0.647. The molecule has 1 aromatic rings. The van der Waals surface area contributed by atoms with Crippen molar-refractivity contribution in [3.8, 4) is 5.75 Å². The molecule has 0 radical (unpaired) electrons. The molecule has 1 atom stereocenters. The normalized spacial score (nSPS) is 24.4. The van der Waals surface area contributed by atoms with Gasteiger partial charge in [-0.15, -0.1) is 0 Å². The minimum atomic E-state index is 0.815. The lowest BCUT2D eigenvalue weighted by atomic mass is 9.96. The lowest BCUT2D eigenvalue weighted by molar-refractivity contribution is 0.183. The van der Waals surface area contributed by atoms with Gasteiger partial charge in [0.05, 0.1) is 7.11 Å². The number of nitrogens with zero attached hydrogens (tertiary/aromatic N) is 1. The van der Waals surface area contributed by atoms with Crippen molar-refractivity contribution in [2.24, 2.45) is 5.92 Å². The van der Waals surface area contributed by atoms with Crippen LogP contribution in [0.15, 0.2) is 22.7 Å². The Bertz CT molecular complexity index is 456. The lowest BCUT2D eigenvalue weighted by Gasteiger charge is -2.29. The van der Waals surface area contributed by atoms with Crippen molar-refractivity contribution < 1.29 is 4.74 Å². The quantitative estimate of drug-likeness (QED) is 0.795. The van der Waals surface area contributed by atoms with Gasteiger partial charge in [-0.05, 0) is 61.9 Å². The predicted octanol–water partition coefficient (Wildman–Crippen LogP) is 4.61. The molecule has 2 fully saturated rings. The van der Waals surface area contributed by atoms with E-state index in [9.17, 15) is 0 Å². The molecule has 1 aliphatic carbocycles. The van der Waals surface area contributed by atoms with Crippen molar-refractivity contribution in [1.29, 1.82) is 0 Å². The van der Waals surface area contributed by atoms with E-state index in [0.717, 1.165) is 24.3 Å². The van der Waals surface area contributed by atoms with Crippen LogP contribution < -0.4 is 4.74 Å². The SMILES string of the molecule is COc1ccc(Br)c(CN2CCCC2C2CCCC2)c1. The van der Waals surface area contributed by atoms with E-state index in [1.807, 2.05) is 6.07 Å². The first kappa shape index (κ1) is 14.4. The average molecular weight is 338 g/mol. The molecule has 0 spiro atoms. The summed E-state index contributed by atoms with van der Waals surface area (Å²) in [4.78, 5) is 2.70. The topological polar surface area (TPSA) is 12.5 Å². The zero-order valence-electron chi connectivity index (χ0n) is 12.3. The molecular weight excluding hydrogens is 314 g/mol. The van der Waals surface area contributed by atoms with Crippen LogP contribution in [0.1, 0.15) is 44.1 Å². The third-order valence-corrected chi connectivity index (χ3v) is 5.76. The number of methoxy groups -OCH3 is 1. The maximum absolute atomic E-state index is 5.36. The summed E-state index contributed by atoms with van der Waals surface area (Å²) in [5.74, 6) is 1.90. The van der Waals surface area contributed by atoms with Crippen molar-refractivity contribution in [3.63, 3.8) is 0 Å². The van der Waals surface area contributed by atoms with E-state index in [1.165, 1.54) is 55.1 Å². The van der Waals surface area contributed by atoms with Crippen LogP contribution in [0.3, 0.4) is 0 Å². The van der Waals surface area contributed by atoms with Gasteiger partial charge in [0.2, 0.25) is 0 Å². The smallest absolute Gasteiger partial charge is 0.119 e. The number of rotatable bonds is 4. The molecule has 110 valence electrons. The van der Waals surface area contributed by atoms with Gasteiger partial charge >= 0.3 is 0 Å². The Balaban J connectivity index is 1.72. The summed E-state index contributed by atoms with van der Waals surface area (Å²) in [5.41, 5.74) is 1.36. The summed E-state index contributed by atoms with van der Waals surface area (Å²) in [5, 5.41) is 0. The molecule has 0 amide bonds. The van der Waals surface area contributed by atoms with E-state index in [1.54, 1.807) is 7.11 Å². The second-order valence-electron chi connectivity index (χ2n) is 6.18. The Labute approximate surface area is 130 Å². The number of ether oxygens (including phenoxy) is 1. The number of hydrogen-bond acceptors (Lipinski definition) is 2. The van der Waals surface area contributed by atoms with E-state index in [4.69, 9.17) is 4.74 Å². The van der Waals surface area contributed by atoms with Gasteiger partial charge < -0.3 is 4.74 Å². The van der Waals surface area contributed by atoms with Crippen LogP contribution in [0.5, 0.6) is 5.75 Å². The van der Waals surface area contributed by atoms with Crippen molar-refractivity contribution in [3.05, 3.63) is 28.2 Å². The standard InChI is InChI=1S/C17H24BrNO/c1-20-15-8-9-16(18)14(11-15)12-19-10-4-7-17(19)13-5-2-3-6-13/h8-9,11,13,17H,2-7,10,12H2,1H3. The van der Waals surface area contributed by atoms with E-state index in [0.29, 0.717) is 0 Å². The highest BCUT2D eigenvalue weighted by atomic mass is 79.9. The van der Waals surface area contributed by atoms with Gasteiger partial charge in [-0.25, -0.2) is 0 Å². The predicted molar refractivity (Wildman–Crippen MR) is 86.1 cm³/mol. The summed E-state index contributed by atoms with van der Waals surface area (Å²) in [6.45, 7) is 2.31. The highest BCUT2D eigenvalue weighted by molar-refractivity contribution is 9.10. The van der Waals surface area contributed by atoms with Crippen LogP contribution in [0.4, 0.5) is 0 Å². The molecule has 1 aliphatic heterocycles. The van der Waals surface area contributed by atoms with Crippen LogP contribution in [0.2, 0.25) is 0 Å². The van der Waals surface area contributed by atoms with Crippen LogP contribution in [0.25, 0.3) is 0 Å². The van der Waals surface area contributed by atoms with Gasteiger partial charge in [-0.1, -0.05) is 28.8 Å². The van der Waals surface area contributed by atoms with Crippen LogP contribution in [-0.4, -0.2) is 24.6 Å². The van der Waals surface area contributed by atoms with Crippen molar-refractivity contribution in [1.82, 2.24) is 4.90 Å². The molecule has 0 N–H and O–H groups in total. The number of likely N-dealkylation sites (tertiary alicyclic amines) is 1. The molecule has 0 bridgehead atoms. The third-order valence-electron chi connectivity index (χ3n) is 4.98. The second-order valence-corrected chi connectivity index (χ2v) is 7.04. The van der Waals surface area contributed by atoms with Gasteiger partial charge in [0.1, 0.15) is 5.75 Å². The Morgan fingerprint density at radius 3 is 2.75 bits per heavy atom. The summed E-state index contributed by atoms with van der Waals surface area (Å²) in [6.07, 6.45) is 8.53. The molecule has 0 aromatic heterocycles. The van der Waals surface area contributed by atoms with Gasteiger partial charge in [0, 0.05) is 17.1 Å². The van der Waals surface area contributed by atoms with E-state index >= 15 is 0 Å². The maximum Gasteiger partial charge on any atom is 0.119 e. The minimum Gasteiger partial charge on any atom is -0.497 e. The molecule has 20 heavy (non-hydrogen) atoms. The van der Waals surface area contributed by atoms with E-state index < -0.39 is 0 Å². The largest absolute Gasteiger partial charge is 0.497 e. The molecule has 3 heteroatoms. The Kier molecular flexibility index (Phi) is 4.67. The molecule has 1 saturated heterocycles. The van der Waals surface area contributed by atoms with Crippen molar-refractivity contribution in [2.45, 2.75) is 51.1 Å². The molecular formula is C17H24BrNO. The van der Waals surface area contributed by atoms with Crippen molar-refractivity contribution in [2.75, 3.05) is 13.7 Å². The highest BCUT2D eigenvalue weighted by Crippen LogP contribution is 2.36. The Morgan fingerprint density at radius 2 is 2.00 bits per heavy atom. The van der Waals surface area contributed by atoms with Crippen LogP contribution in [-0.2, 0) is 6.54 Å². The van der Waals surface area contributed by atoms with Gasteiger partial charge in [-0.3, -0.25) is 4.90 Å². The minimum absolute atomic E-state index is 0.815. The van der Waals surface area contributed by atoms with Crippen LogP contribution >= 0.6 is 15.9 Å². The fourth-order valence-electron chi connectivity index (χ4n) is 3.94. The number of halogens is 1. The van der Waals surface area contributed by atoms with Gasteiger partial charge in [-0.2, -0.15) is 0 Å². The Morgan fingerprint density at radius 1 is 1.20 bits per heavy atom. The maximum atomic E-state index is 5.36. The van der Waals surface area contributed by atoms with Gasteiger partial charge in [0.25, 0.3) is 0 Å². The Hall–Kier alpha value is -0.540. The number of benzene rings is 1.